The molecule has 0 amide bonds. The second kappa shape index (κ2) is 9.72. The Bertz CT molecular complexity index is 1250. The topological polar surface area (TPSA) is 88.7 Å². The minimum Gasteiger partial charge on any atom is -0.452 e. The van der Waals surface area contributed by atoms with Crippen LogP contribution in [0.2, 0.25) is 5.02 Å². The van der Waals surface area contributed by atoms with Gasteiger partial charge in [-0.25, -0.2) is 4.79 Å². The molecule has 8 nitrogen and oxygen atoms in total. The molecular weight excluding hydrogens is 444 g/mol. The van der Waals surface area contributed by atoms with Gasteiger partial charge < -0.3 is 20.1 Å². The van der Waals surface area contributed by atoms with E-state index in [-0.39, 0.29) is 13.2 Å². The minimum absolute atomic E-state index is 0.110. The molecule has 1 unspecified atom stereocenters. The van der Waals surface area contributed by atoms with Gasteiger partial charge in [0, 0.05) is 31.3 Å². The summed E-state index contributed by atoms with van der Waals surface area (Å²) in [6.45, 7) is 4.57. The van der Waals surface area contributed by atoms with Crippen LogP contribution >= 0.6 is 11.6 Å². The molecule has 174 valence electrons. The lowest BCUT2D eigenvalue weighted by Gasteiger charge is -2.27. The summed E-state index contributed by atoms with van der Waals surface area (Å²) in [6.07, 6.45) is -0.388. The van der Waals surface area contributed by atoms with Gasteiger partial charge in [0.15, 0.2) is 0 Å². The van der Waals surface area contributed by atoms with Crippen molar-refractivity contribution in [2.45, 2.75) is 46.3 Å². The van der Waals surface area contributed by atoms with Crippen LogP contribution in [-0.4, -0.2) is 27.2 Å². The fraction of sp³-hybridized carbons (Fsp3) is 0.333. The van der Waals surface area contributed by atoms with E-state index in [1.807, 2.05) is 55.1 Å². The van der Waals surface area contributed by atoms with E-state index in [1.54, 1.807) is 12.1 Å². The SMILES string of the molecule is CCn1c2c(c(=O)n(CCCO)c1=O)N(Cc1ccc(Cl)cc1)C(Oc1ccccc1C)N2. The monoisotopic (exact) mass is 470 g/mol. The van der Waals surface area contributed by atoms with Crippen molar-refractivity contribution in [1.29, 1.82) is 0 Å². The Morgan fingerprint density at radius 1 is 1.09 bits per heavy atom. The van der Waals surface area contributed by atoms with E-state index in [0.29, 0.717) is 41.8 Å². The lowest BCUT2D eigenvalue weighted by Crippen LogP contribution is -2.43. The van der Waals surface area contributed by atoms with Crippen molar-refractivity contribution in [3.05, 3.63) is 85.5 Å². The normalized spacial score (nSPS) is 14.8. The molecule has 0 saturated carbocycles. The summed E-state index contributed by atoms with van der Waals surface area (Å²) in [5.74, 6) is 1.11. The summed E-state index contributed by atoms with van der Waals surface area (Å²) in [5, 5.41) is 13.1. The number of halogens is 1. The van der Waals surface area contributed by atoms with Gasteiger partial charge in [-0.3, -0.25) is 13.9 Å². The van der Waals surface area contributed by atoms with Crippen LogP contribution in [-0.2, 0) is 19.6 Å². The smallest absolute Gasteiger partial charge is 0.332 e. The number of rotatable bonds is 8. The van der Waals surface area contributed by atoms with Gasteiger partial charge >= 0.3 is 5.69 Å². The van der Waals surface area contributed by atoms with Gasteiger partial charge in [0.25, 0.3) is 11.9 Å². The maximum absolute atomic E-state index is 13.5. The molecule has 2 aromatic carbocycles. The standard InChI is InChI=1S/C24H27ClN4O4/c1-3-27-21-20(22(31)28(24(27)32)13-6-14-30)29(15-17-9-11-18(25)12-10-17)23(26-21)33-19-8-5-4-7-16(19)2/h4-5,7-12,23,26,30H,3,6,13-15H2,1-2H3. The number of fused-ring (bicyclic) bond motifs is 1. The zero-order chi connectivity index (χ0) is 23.5. The first kappa shape index (κ1) is 22.9. The Labute approximate surface area is 196 Å². The summed E-state index contributed by atoms with van der Waals surface area (Å²) in [5.41, 5.74) is 1.43. The number of hydrogen-bond donors (Lipinski definition) is 2. The molecule has 1 aliphatic rings. The van der Waals surface area contributed by atoms with Crippen LogP contribution in [0.4, 0.5) is 11.5 Å². The fourth-order valence-electron chi connectivity index (χ4n) is 3.97. The van der Waals surface area contributed by atoms with Crippen molar-refractivity contribution in [2.75, 3.05) is 16.8 Å². The van der Waals surface area contributed by atoms with Crippen LogP contribution in [0, 0.1) is 6.92 Å². The molecule has 2 heterocycles. The van der Waals surface area contributed by atoms with E-state index in [9.17, 15) is 14.7 Å². The maximum Gasteiger partial charge on any atom is 0.332 e. The largest absolute Gasteiger partial charge is 0.452 e. The molecule has 0 spiro atoms. The van der Waals surface area contributed by atoms with Crippen LogP contribution in [0.5, 0.6) is 5.75 Å². The van der Waals surface area contributed by atoms with Crippen molar-refractivity contribution < 1.29 is 9.84 Å². The van der Waals surface area contributed by atoms with Crippen LogP contribution in [0.15, 0.2) is 58.1 Å². The first-order chi connectivity index (χ1) is 15.9. The first-order valence-electron chi connectivity index (χ1n) is 10.9. The maximum atomic E-state index is 13.5. The van der Waals surface area contributed by atoms with Gasteiger partial charge in [-0.15, -0.1) is 0 Å². The number of nitrogens with one attached hydrogen (secondary N) is 1. The molecule has 0 radical (unpaired) electrons. The molecule has 0 saturated heterocycles. The van der Waals surface area contributed by atoms with E-state index >= 15 is 0 Å². The van der Waals surface area contributed by atoms with Crippen LogP contribution in [0.1, 0.15) is 24.5 Å². The summed E-state index contributed by atoms with van der Waals surface area (Å²) >= 11 is 6.05. The molecule has 0 bridgehead atoms. The zero-order valence-electron chi connectivity index (χ0n) is 18.6. The molecule has 1 atom stereocenters. The van der Waals surface area contributed by atoms with Gasteiger partial charge in [-0.05, 0) is 49.6 Å². The highest BCUT2D eigenvalue weighted by atomic mass is 35.5. The highest BCUT2D eigenvalue weighted by Crippen LogP contribution is 2.34. The molecular formula is C24H27ClN4O4. The third kappa shape index (κ3) is 4.49. The van der Waals surface area contributed by atoms with Crippen molar-refractivity contribution in [3.63, 3.8) is 0 Å². The van der Waals surface area contributed by atoms with E-state index in [0.717, 1.165) is 11.1 Å². The number of para-hydroxylation sites is 1. The second-order valence-electron chi connectivity index (χ2n) is 7.89. The third-order valence-electron chi connectivity index (χ3n) is 5.69. The molecule has 1 aromatic heterocycles. The summed E-state index contributed by atoms with van der Waals surface area (Å²) in [4.78, 5) is 28.4. The average Bonchev–Trinajstić information content (AvgIpc) is 3.15. The second-order valence-corrected chi connectivity index (χ2v) is 8.33. The number of aliphatic hydroxyl groups is 1. The van der Waals surface area contributed by atoms with Gasteiger partial charge in [0.1, 0.15) is 17.3 Å². The Balaban J connectivity index is 1.83. The van der Waals surface area contributed by atoms with Crippen molar-refractivity contribution in [3.8, 4) is 5.75 Å². The molecule has 1 aliphatic heterocycles. The lowest BCUT2D eigenvalue weighted by molar-refractivity contribution is 0.226. The average molecular weight is 471 g/mol. The van der Waals surface area contributed by atoms with Gasteiger partial charge in [-0.2, -0.15) is 0 Å². The first-order valence-corrected chi connectivity index (χ1v) is 11.3. The van der Waals surface area contributed by atoms with Gasteiger partial charge in [0.2, 0.25) is 0 Å². The Kier molecular flexibility index (Phi) is 6.76. The highest BCUT2D eigenvalue weighted by molar-refractivity contribution is 6.30. The Morgan fingerprint density at radius 3 is 2.48 bits per heavy atom. The number of anilines is 2. The molecule has 9 heteroatoms. The van der Waals surface area contributed by atoms with Crippen molar-refractivity contribution >= 4 is 23.1 Å². The summed E-state index contributed by atoms with van der Waals surface area (Å²) in [7, 11) is 0. The molecule has 4 rings (SSSR count). The third-order valence-corrected chi connectivity index (χ3v) is 5.94. The number of nitrogens with zero attached hydrogens (tertiary/aromatic N) is 3. The molecule has 0 aliphatic carbocycles. The number of ether oxygens (including phenoxy) is 1. The molecule has 2 N–H and O–H groups in total. The minimum atomic E-state index is -0.699. The summed E-state index contributed by atoms with van der Waals surface area (Å²) < 4.78 is 9.02. The molecule has 3 aromatic rings. The number of aryl methyl sites for hydroxylation is 1. The number of benzene rings is 2. The van der Waals surface area contributed by atoms with E-state index in [1.165, 1.54) is 9.13 Å². The predicted octanol–water partition coefficient (Wildman–Crippen LogP) is 3.17. The Morgan fingerprint density at radius 2 is 1.82 bits per heavy atom. The van der Waals surface area contributed by atoms with Crippen LogP contribution < -0.4 is 26.2 Å². The van der Waals surface area contributed by atoms with E-state index in [4.69, 9.17) is 16.3 Å². The molecule has 33 heavy (non-hydrogen) atoms. The van der Waals surface area contributed by atoms with Crippen molar-refractivity contribution in [2.24, 2.45) is 0 Å². The number of aliphatic hydroxyl groups excluding tert-OH is 1. The zero-order valence-corrected chi connectivity index (χ0v) is 19.4. The van der Waals surface area contributed by atoms with E-state index in [2.05, 4.69) is 5.32 Å². The number of aromatic nitrogens is 2. The number of hydrogen-bond acceptors (Lipinski definition) is 6. The van der Waals surface area contributed by atoms with Crippen molar-refractivity contribution in [1.82, 2.24) is 9.13 Å². The highest BCUT2D eigenvalue weighted by Gasteiger charge is 2.37. The predicted molar refractivity (Wildman–Crippen MR) is 129 cm³/mol. The fourth-order valence-corrected chi connectivity index (χ4v) is 4.10. The van der Waals surface area contributed by atoms with E-state index < -0.39 is 17.6 Å². The van der Waals surface area contributed by atoms with Crippen LogP contribution in [0.3, 0.4) is 0 Å². The molecule has 0 fully saturated rings. The van der Waals surface area contributed by atoms with Crippen LogP contribution in [0.25, 0.3) is 0 Å². The Hall–Kier alpha value is -3.23. The summed E-state index contributed by atoms with van der Waals surface area (Å²) in [6, 6.07) is 15.0. The quantitative estimate of drug-likeness (QED) is 0.525. The van der Waals surface area contributed by atoms with Gasteiger partial charge in [0.05, 0.1) is 0 Å². The lowest BCUT2D eigenvalue weighted by atomic mass is 10.2. The van der Waals surface area contributed by atoms with Gasteiger partial charge in [-0.1, -0.05) is 41.9 Å².